The Kier molecular flexibility index (Phi) is 3.86. The van der Waals surface area contributed by atoms with Crippen LogP contribution >= 0.6 is 0 Å². The van der Waals surface area contributed by atoms with Gasteiger partial charge in [0.1, 0.15) is 25.6 Å². The maximum atomic E-state index is 6.05. The summed E-state index contributed by atoms with van der Waals surface area (Å²) in [6.07, 6.45) is 0.989. The molecule has 0 aliphatic carbocycles. The molecule has 1 aliphatic heterocycles. The number of fused-ring (bicyclic) bond motifs is 1. The highest BCUT2D eigenvalue weighted by Gasteiger charge is 2.14. The van der Waals surface area contributed by atoms with Gasteiger partial charge < -0.3 is 19.9 Å². The van der Waals surface area contributed by atoms with Crippen molar-refractivity contribution in [1.29, 1.82) is 0 Å². The Morgan fingerprint density at radius 1 is 1.10 bits per heavy atom. The molecule has 2 N–H and O–H groups in total. The summed E-state index contributed by atoms with van der Waals surface area (Å²) in [6, 6.07) is 11.8. The van der Waals surface area contributed by atoms with Gasteiger partial charge in [0, 0.05) is 17.3 Å². The van der Waals surface area contributed by atoms with Gasteiger partial charge in [0.2, 0.25) is 0 Å². The van der Waals surface area contributed by atoms with E-state index in [4.69, 9.17) is 19.9 Å². The molecule has 0 aromatic heterocycles. The van der Waals surface area contributed by atoms with Gasteiger partial charge in [-0.3, -0.25) is 0 Å². The van der Waals surface area contributed by atoms with Crippen LogP contribution in [0.4, 0.5) is 5.69 Å². The molecule has 2 aromatic rings. The van der Waals surface area contributed by atoms with Crippen LogP contribution in [-0.2, 0) is 13.0 Å². The predicted octanol–water partition coefficient (Wildman–Crippen LogP) is 3.18. The Bertz CT molecular complexity index is 640. The third-order valence-corrected chi connectivity index (χ3v) is 3.51. The minimum Gasteiger partial charge on any atom is -0.489 e. The molecule has 4 heteroatoms. The van der Waals surface area contributed by atoms with E-state index in [9.17, 15) is 0 Å². The highest BCUT2D eigenvalue weighted by molar-refractivity contribution is 5.58. The Morgan fingerprint density at radius 2 is 1.86 bits per heavy atom. The maximum absolute atomic E-state index is 6.05. The summed E-state index contributed by atoms with van der Waals surface area (Å²) < 4.78 is 16.9. The van der Waals surface area contributed by atoms with Crippen LogP contribution in [0.15, 0.2) is 36.4 Å². The van der Waals surface area contributed by atoms with Crippen LogP contribution in [0.3, 0.4) is 0 Å². The summed E-state index contributed by atoms with van der Waals surface area (Å²) >= 11 is 0. The highest BCUT2D eigenvalue weighted by atomic mass is 16.6. The SMILES string of the molecule is CCc1cccc(OCc2cc3c(cc2N)OCCO3)c1. The Balaban J connectivity index is 1.75. The van der Waals surface area contributed by atoms with Gasteiger partial charge in [-0.15, -0.1) is 0 Å². The van der Waals surface area contributed by atoms with Crippen LogP contribution in [0.25, 0.3) is 0 Å². The van der Waals surface area contributed by atoms with Crippen LogP contribution in [0.5, 0.6) is 17.2 Å². The fourth-order valence-corrected chi connectivity index (χ4v) is 2.29. The minimum absolute atomic E-state index is 0.412. The third-order valence-electron chi connectivity index (χ3n) is 3.51. The Hall–Kier alpha value is -2.36. The van der Waals surface area contributed by atoms with Crippen molar-refractivity contribution >= 4 is 5.69 Å². The zero-order chi connectivity index (χ0) is 14.7. The van der Waals surface area contributed by atoms with Gasteiger partial charge >= 0.3 is 0 Å². The molecule has 2 aromatic carbocycles. The molecule has 110 valence electrons. The lowest BCUT2D eigenvalue weighted by molar-refractivity contribution is 0.171. The van der Waals surface area contributed by atoms with E-state index in [1.165, 1.54) is 5.56 Å². The zero-order valence-corrected chi connectivity index (χ0v) is 12.1. The molecule has 0 saturated heterocycles. The second-order valence-electron chi connectivity index (χ2n) is 4.98. The van der Waals surface area contributed by atoms with Gasteiger partial charge in [-0.25, -0.2) is 0 Å². The topological polar surface area (TPSA) is 53.7 Å². The summed E-state index contributed by atoms with van der Waals surface area (Å²) in [6.45, 7) is 3.66. The first-order valence-electron chi connectivity index (χ1n) is 7.16. The summed E-state index contributed by atoms with van der Waals surface area (Å²) in [5.74, 6) is 2.29. The van der Waals surface area contributed by atoms with E-state index >= 15 is 0 Å². The van der Waals surface area contributed by atoms with Gasteiger partial charge in [-0.2, -0.15) is 0 Å². The van der Waals surface area contributed by atoms with Crippen LogP contribution < -0.4 is 19.9 Å². The van der Waals surface area contributed by atoms with Crippen molar-refractivity contribution < 1.29 is 14.2 Å². The average Bonchev–Trinajstić information content (AvgIpc) is 2.53. The number of hydrogen-bond acceptors (Lipinski definition) is 4. The quantitative estimate of drug-likeness (QED) is 0.877. The molecule has 1 heterocycles. The number of nitrogen functional groups attached to an aromatic ring is 1. The molecular formula is C17H19NO3. The van der Waals surface area contributed by atoms with Gasteiger partial charge in [0.25, 0.3) is 0 Å². The standard InChI is InChI=1S/C17H19NO3/c1-2-12-4-3-5-14(8-12)21-11-13-9-16-17(10-15(13)18)20-7-6-19-16/h3-5,8-10H,2,6-7,11,18H2,1H3. The van der Waals surface area contributed by atoms with Crippen molar-refractivity contribution in [3.8, 4) is 17.2 Å². The molecule has 0 bridgehead atoms. The minimum atomic E-state index is 0.412. The normalized spacial score (nSPS) is 13.0. The van der Waals surface area contributed by atoms with Gasteiger partial charge in [0.15, 0.2) is 11.5 Å². The Labute approximate surface area is 124 Å². The molecule has 0 amide bonds. The lowest BCUT2D eigenvalue weighted by atomic mass is 10.1. The molecule has 0 atom stereocenters. The molecule has 0 spiro atoms. The Morgan fingerprint density at radius 3 is 2.62 bits per heavy atom. The van der Waals surface area contributed by atoms with Crippen molar-refractivity contribution in [1.82, 2.24) is 0 Å². The predicted molar refractivity (Wildman–Crippen MR) is 82.0 cm³/mol. The van der Waals surface area contributed by atoms with E-state index < -0.39 is 0 Å². The van der Waals surface area contributed by atoms with E-state index in [0.717, 1.165) is 23.5 Å². The molecule has 0 saturated carbocycles. The molecule has 1 aliphatic rings. The molecule has 0 radical (unpaired) electrons. The van der Waals surface area contributed by atoms with Crippen molar-refractivity contribution in [3.05, 3.63) is 47.5 Å². The molecule has 0 fully saturated rings. The number of aryl methyl sites for hydroxylation is 1. The largest absolute Gasteiger partial charge is 0.489 e. The number of ether oxygens (including phenoxy) is 3. The maximum Gasteiger partial charge on any atom is 0.163 e. The van der Waals surface area contributed by atoms with Crippen LogP contribution in [0, 0.1) is 0 Å². The van der Waals surface area contributed by atoms with E-state index in [-0.39, 0.29) is 0 Å². The lowest BCUT2D eigenvalue weighted by Crippen LogP contribution is -2.16. The number of anilines is 1. The first kappa shape index (κ1) is 13.6. The lowest BCUT2D eigenvalue weighted by Gasteiger charge is -2.20. The van der Waals surface area contributed by atoms with Crippen molar-refractivity contribution in [2.75, 3.05) is 18.9 Å². The highest BCUT2D eigenvalue weighted by Crippen LogP contribution is 2.34. The van der Waals surface area contributed by atoms with Gasteiger partial charge in [-0.05, 0) is 30.2 Å². The van der Waals surface area contributed by atoms with E-state index in [1.807, 2.05) is 24.3 Å². The van der Waals surface area contributed by atoms with E-state index in [0.29, 0.717) is 31.3 Å². The van der Waals surface area contributed by atoms with E-state index in [1.54, 1.807) is 6.07 Å². The van der Waals surface area contributed by atoms with Crippen LogP contribution in [0.2, 0.25) is 0 Å². The molecular weight excluding hydrogens is 266 g/mol. The fourth-order valence-electron chi connectivity index (χ4n) is 2.29. The van der Waals surface area contributed by atoms with E-state index in [2.05, 4.69) is 13.0 Å². The average molecular weight is 285 g/mol. The van der Waals surface area contributed by atoms with Crippen LogP contribution in [-0.4, -0.2) is 13.2 Å². The third kappa shape index (κ3) is 3.05. The van der Waals surface area contributed by atoms with Crippen molar-refractivity contribution in [2.24, 2.45) is 0 Å². The number of rotatable bonds is 4. The summed E-state index contributed by atoms with van der Waals surface area (Å²) in [5, 5.41) is 0. The number of hydrogen-bond donors (Lipinski definition) is 1. The smallest absolute Gasteiger partial charge is 0.163 e. The van der Waals surface area contributed by atoms with Gasteiger partial charge in [-0.1, -0.05) is 19.1 Å². The molecule has 4 nitrogen and oxygen atoms in total. The zero-order valence-electron chi connectivity index (χ0n) is 12.1. The first-order valence-corrected chi connectivity index (χ1v) is 7.16. The monoisotopic (exact) mass is 285 g/mol. The van der Waals surface area contributed by atoms with Crippen LogP contribution in [0.1, 0.15) is 18.1 Å². The fraction of sp³-hybridized carbons (Fsp3) is 0.294. The number of benzene rings is 2. The second kappa shape index (κ2) is 5.95. The summed E-state index contributed by atoms with van der Waals surface area (Å²) in [4.78, 5) is 0. The summed E-state index contributed by atoms with van der Waals surface area (Å²) in [7, 11) is 0. The molecule has 0 unspecified atom stereocenters. The summed E-state index contributed by atoms with van der Waals surface area (Å²) in [5.41, 5.74) is 8.86. The molecule has 21 heavy (non-hydrogen) atoms. The molecule has 3 rings (SSSR count). The number of nitrogens with two attached hydrogens (primary N) is 1. The van der Waals surface area contributed by atoms with Gasteiger partial charge in [0.05, 0.1) is 0 Å². The van der Waals surface area contributed by atoms with Crippen molar-refractivity contribution in [3.63, 3.8) is 0 Å². The van der Waals surface area contributed by atoms with Crippen molar-refractivity contribution in [2.45, 2.75) is 20.0 Å². The first-order chi connectivity index (χ1) is 10.3. The second-order valence-corrected chi connectivity index (χ2v) is 4.98.